The largest absolute Gasteiger partial charge is 0.505 e. The fraction of sp³-hybridized carbons (Fsp3) is 0.457. The minimum atomic E-state index is -4.62. The van der Waals surface area contributed by atoms with E-state index in [0.29, 0.717) is 62.5 Å². The standard InChI is InChI=1S/C35H41ClF3N7O5/c1-5-22(19-45(6-2)33(50)30-27(47)8-7-15-40-30)34(3)14-11-26-29(34)32(49)46(43-31(44(4)42-26)21-12-16-51-17-13-21)20-28(48)41-25-10-9-23(18-24(25)36)35(37,38)39/h7-10,12,15,18,22,42,47H,5-6,11,13-14,16-17,19-20H2,1-4H3,(H,41,48)/t22-,34+/m0/s1. The molecule has 2 atom stereocenters. The number of benzene rings is 1. The third-order valence-electron chi connectivity index (χ3n) is 9.66. The number of anilines is 1. The molecule has 0 unspecified atom stereocenters. The topological polar surface area (TPSA) is 147 Å². The molecule has 2 aromatic heterocycles. The molecule has 2 amide bonds. The summed E-state index contributed by atoms with van der Waals surface area (Å²) in [6.07, 6.45) is 0.808. The molecule has 3 N–H and O–H groups in total. The zero-order valence-corrected chi connectivity index (χ0v) is 29.6. The Morgan fingerprint density at radius 1 is 1.24 bits per heavy atom. The third-order valence-corrected chi connectivity index (χ3v) is 9.97. The highest BCUT2D eigenvalue weighted by molar-refractivity contribution is 6.33. The van der Waals surface area contributed by atoms with E-state index in [0.717, 1.165) is 28.5 Å². The summed E-state index contributed by atoms with van der Waals surface area (Å²) in [7, 11) is 1.76. The number of fused-ring (bicyclic) bond motifs is 1. The number of carbonyl (C=O) groups is 2. The van der Waals surface area contributed by atoms with Gasteiger partial charge < -0.3 is 25.2 Å². The van der Waals surface area contributed by atoms with Crippen LogP contribution in [0.4, 0.5) is 18.9 Å². The summed E-state index contributed by atoms with van der Waals surface area (Å²) < 4.78 is 47.9. The molecule has 1 aromatic carbocycles. The highest BCUT2D eigenvalue weighted by Crippen LogP contribution is 2.43. The van der Waals surface area contributed by atoms with Crippen molar-refractivity contribution in [1.29, 1.82) is 0 Å². The van der Waals surface area contributed by atoms with Crippen molar-refractivity contribution >= 4 is 34.7 Å². The number of hydrogen-bond donors (Lipinski definition) is 3. The van der Waals surface area contributed by atoms with E-state index in [1.165, 1.54) is 18.3 Å². The van der Waals surface area contributed by atoms with E-state index in [-0.39, 0.29) is 34.6 Å². The number of carbonyl (C=O) groups excluding carboxylic acids is 2. The highest BCUT2D eigenvalue weighted by atomic mass is 35.5. The summed E-state index contributed by atoms with van der Waals surface area (Å²) in [6, 6.07) is 5.52. The van der Waals surface area contributed by atoms with Crippen LogP contribution in [0, 0.1) is 5.92 Å². The number of pyridine rings is 1. The number of halogens is 4. The van der Waals surface area contributed by atoms with Gasteiger partial charge in [0.25, 0.3) is 11.5 Å². The van der Waals surface area contributed by atoms with Gasteiger partial charge in [-0.15, -0.1) is 5.10 Å². The molecular weight excluding hydrogens is 691 g/mol. The molecule has 1 aliphatic carbocycles. The second-order valence-corrected chi connectivity index (χ2v) is 13.3. The van der Waals surface area contributed by atoms with E-state index in [2.05, 4.69) is 15.4 Å². The number of rotatable bonds is 10. The van der Waals surface area contributed by atoms with E-state index >= 15 is 0 Å². The highest BCUT2D eigenvalue weighted by Gasteiger charge is 2.44. The third kappa shape index (κ3) is 7.99. The average Bonchev–Trinajstić information content (AvgIpc) is 3.42. The smallest absolute Gasteiger partial charge is 0.416 e. The number of nitrogens with one attached hydrogen (secondary N) is 2. The molecule has 16 heteroatoms. The Labute approximate surface area is 297 Å². The molecule has 51 heavy (non-hydrogen) atoms. The van der Waals surface area contributed by atoms with Crippen LogP contribution in [0.5, 0.6) is 5.75 Å². The van der Waals surface area contributed by atoms with Gasteiger partial charge in [-0.1, -0.05) is 37.9 Å². The maximum atomic E-state index is 14.7. The number of ether oxygens (including phenoxy) is 1. The van der Waals surface area contributed by atoms with E-state index in [1.54, 1.807) is 16.6 Å². The quantitative estimate of drug-likeness (QED) is 0.245. The Hall–Kier alpha value is -4.63. The summed E-state index contributed by atoms with van der Waals surface area (Å²) in [5.41, 5.74) is -0.540. The number of amides is 2. The zero-order valence-electron chi connectivity index (χ0n) is 28.8. The molecule has 274 valence electrons. The number of nitrogens with zero attached hydrogens (tertiary/aromatic N) is 5. The minimum Gasteiger partial charge on any atom is -0.505 e. The van der Waals surface area contributed by atoms with Gasteiger partial charge in [0, 0.05) is 43.0 Å². The molecule has 0 fully saturated rings. The van der Waals surface area contributed by atoms with Crippen molar-refractivity contribution in [1.82, 2.24) is 29.4 Å². The van der Waals surface area contributed by atoms with E-state index in [9.17, 15) is 32.7 Å². The normalized spacial score (nSPS) is 17.7. The first-order valence-corrected chi connectivity index (χ1v) is 17.1. The fourth-order valence-corrected chi connectivity index (χ4v) is 7.06. The number of H-pyrrole nitrogens is 1. The monoisotopic (exact) mass is 731 g/mol. The van der Waals surface area contributed by atoms with Crippen molar-refractivity contribution in [3.05, 3.63) is 86.3 Å². The van der Waals surface area contributed by atoms with Crippen molar-refractivity contribution in [2.45, 2.75) is 64.6 Å². The van der Waals surface area contributed by atoms with Crippen LogP contribution in [-0.4, -0.2) is 72.7 Å². The van der Waals surface area contributed by atoms with Crippen LogP contribution in [0.15, 0.2) is 47.4 Å². The van der Waals surface area contributed by atoms with Gasteiger partial charge >= 0.3 is 6.18 Å². The molecule has 3 aromatic rings. The lowest BCUT2D eigenvalue weighted by atomic mass is 9.71. The molecule has 0 radical (unpaired) electrons. The van der Waals surface area contributed by atoms with Crippen LogP contribution in [-0.2, 0) is 41.1 Å². The SMILES string of the molecule is CC[C@@H](CN(CC)C(=O)c1ncccc1O)[C@@]1(C)CCc2[nH]n(C)c(C3=CCOCC3)nn(CC(=O)Nc3ccc(C(F)(F)F)cc3Cl)c(=O)c21. The predicted octanol–water partition coefficient (Wildman–Crippen LogP) is 5.64. The molecule has 12 nitrogen and oxygen atoms in total. The summed E-state index contributed by atoms with van der Waals surface area (Å²) in [5.74, 6) is -1.23. The number of hydrogen-bond acceptors (Lipinski definition) is 7. The number of alkyl halides is 3. The van der Waals surface area contributed by atoms with Crippen LogP contribution in [0.25, 0.3) is 5.57 Å². The Morgan fingerprint density at radius 2 is 2.00 bits per heavy atom. The van der Waals surface area contributed by atoms with Crippen LogP contribution >= 0.6 is 11.6 Å². The van der Waals surface area contributed by atoms with Gasteiger partial charge in [0.1, 0.15) is 12.3 Å². The molecule has 0 spiro atoms. The maximum absolute atomic E-state index is 14.7. The first-order chi connectivity index (χ1) is 24.2. The molecular formula is C35H41ClF3N7O5. The summed E-state index contributed by atoms with van der Waals surface area (Å²) >= 11 is 6.12. The molecule has 2 aliphatic rings. The first-order valence-electron chi connectivity index (χ1n) is 16.7. The van der Waals surface area contributed by atoms with Crippen LogP contribution in [0.2, 0.25) is 5.02 Å². The number of aromatic amines is 1. The molecule has 0 bridgehead atoms. The molecule has 5 rings (SSSR count). The second kappa shape index (κ2) is 15.3. The van der Waals surface area contributed by atoms with Gasteiger partial charge in [0.05, 0.1) is 29.5 Å². The molecule has 1 aliphatic heterocycles. The van der Waals surface area contributed by atoms with Crippen molar-refractivity contribution < 1.29 is 32.6 Å². The number of aryl methyl sites for hydroxylation is 2. The predicted molar refractivity (Wildman–Crippen MR) is 185 cm³/mol. The van der Waals surface area contributed by atoms with Gasteiger partial charge in [0.2, 0.25) is 5.91 Å². The van der Waals surface area contributed by atoms with Crippen LogP contribution in [0.3, 0.4) is 0 Å². The average molecular weight is 732 g/mol. The summed E-state index contributed by atoms with van der Waals surface area (Å²) in [4.78, 5) is 47.4. The van der Waals surface area contributed by atoms with Gasteiger partial charge in [-0.3, -0.25) is 19.1 Å². The lowest BCUT2D eigenvalue weighted by Gasteiger charge is -2.37. The van der Waals surface area contributed by atoms with Gasteiger partial charge in [-0.2, -0.15) is 13.2 Å². The molecule has 0 saturated heterocycles. The van der Waals surface area contributed by atoms with Gasteiger partial charge in [-0.05, 0) is 68.0 Å². The Morgan fingerprint density at radius 3 is 2.63 bits per heavy atom. The summed E-state index contributed by atoms with van der Waals surface area (Å²) in [6.45, 7) is 6.56. The van der Waals surface area contributed by atoms with Crippen molar-refractivity contribution in [2.24, 2.45) is 13.0 Å². The number of aromatic nitrogens is 5. The Kier molecular flexibility index (Phi) is 11.3. The van der Waals surface area contributed by atoms with Gasteiger partial charge in [-0.25, -0.2) is 9.67 Å². The lowest BCUT2D eigenvalue weighted by molar-refractivity contribution is -0.137. The Balaban J connectivity index is 1.57. The Bertz CT molecular complexity index is 1950. The lowest BCUT2D eigenvalue weighted by Crippen LogP contribution is -2.45. The van der Waals surface area contributed by atoms with E-state index in [4.69, 9.17) is 21.4 Å². The van der Waals surface area contributed by atoms with Crippen molar-refractivity contribution in [3.63, 3.8) is 0 Å². The molecule has 3 heterocycles. The minimum absolute atomic E-state index is 0.0517. The van der Waals surface area contributed by atoms with E-state index < -0.39 is 41.1 Å². The summed E-state index contributed by atoms with van der Waals surface area (Å²) in [5, 5.41) is 20.6. The second-order valence-electron chi connectivity index (χ2n) is 12.8. The molecule has 0 saturated carbocycles. The maximum Gasteiger partial charge on any atom is 0.416 e. The first kappa shape index (κ1) is 37.6. The van der Waals surface area contributed by atoms with Gasteiger partial charge in [0.15, 0.2) is 11.5 Å². The van der Waals surface area contributed by atoms with E-state index in [1.807, 2.05) is 26.8 Å². The van der Waals surface area contributed by atoms with Crippen molar-refractivity contribution in [3.8, 4) is 5.75 Å². The number of aromatic hydroxyl groups is 1. The van der Waals surface area contributed by atoms with Crippen molar-refractivity contribution in [2.75, 3.05) is 31.6 Å². The zero-order chi connectivity index (χ0) is 37.1. The fourth-order valence-electron chi connectivity index (χ4n) is 6.83. The van der Waals surface area contributed by atoms with Crippen LogP contribution in [0.1, 0.15) is 73.2 Å². The van der Waals surface area contributed by atoms with Crippen LogP contribution < -0.4 is 10.9 Å².